The van der Waals surface area contributed by atoms with Crippen molar-refractivity contribution in [3.8, 4) is 0 Å². The predicted molar refractivity (Wildman–Crippen MR) is 213 cm³/mol. The summed E-state index contributed by atoms with van der Waals surface area (Å²) in [5.41, 5.74) is -1.74. The summed E-state index contributed by atoms with van der Waals surface area (Å²) < 4.78 is 71.3. The van der Waals surface area contributed by atoms with Crippen molar-refractivity contribution in [3.63, 3.8) is 0 Å². The summed E-state index contributed by atoms with van der Waals surface area (Å²) in [4.78, 5) is 32.1. The first-order chi connectivity index (χ1) is 26.2. The van der Waals surface area contributed by atoms with E-state index in [1.165, 1.54) is 24.3 Å². The Bertz CT molecular complexity index is 1780. The Hall–Kier alpha value is -3.23. The quantitative estimate of drug-likeness (QED) is 0.159. The fourth-order valence-corrected chi connectivity index (χ4v) is 17.4. The summed E-state index contributed by atoms with van der Waals surface area (Å²) in [6, 6.07) is 4.50. The molecule has 0 bridgehead atoms. The Labute approximate surface area is 329 Å². The number of benzene rings is 2. The molecule has 4 nitrogen and oxygen atoms in total. The fourth-order valence-electron chi connectivity index (χ4n) is 9.14. The van der Waals surface area contributed by atoms with E-state index in [1.54, 1.807) is 34.1 Å². The zero-order valence-corrected chi connectivity index (χ0v) is 35.1. The molecular formula is C46H58F4N2O2Ti. The topological polar surface area (TPSA) is 40.6 Å². The Morgan fingerprint density at radius 3 is 1.29 bits per heavy atom. The van der Waals surface area contributed by atoms with E-state index in [9.17, 15) is 9.59 Å². The maximum atomic E-state index is 18.2. The van der Waals surface area contributed by atoms with Gasteiger partial charge in [-0.05, 0) is 0 Å². The van der Waals surface area contributed by atoms with Crippen LogP contribution in [0.4, 0.5) is 28.9 Å². The number of amides is 2. The number of hydrogen-bond donors (Lipinski definition) is 0. The third-order valence-electron chi connectivity index (χ3n) is 13.2. The van der Waals surface area contributed by atoms with Crippen molar-refractivity contribution < 1.29 is 43.7 Å². The van der Waals surface area contributed by atoms with Crippen LogP contribution in [0.5, 0.6) is 0 Å². The van der Waals surface area contributed by atoms with Crippen LogP contribution in [0, 0.1) is 34.1 Å². The molecule has 6 rings (SSSR count). The molecule has 9 heteroatoms. The van der Waals surface area contributed by atoms with Gasteiger partial charge in [-0.1, -0.05) is 0 Å². The SMILES string of the molecule is CCC(C)(C)C(=O)N(c1ccc(F)[c]([Ti]([C]2=CC=CC2)([C]2=CC=CC2)[c]2c(F)ccc(N(C(=O)C(C)(C)CC)C3CCCCC3)c2F)c1F)C1CCCCC1. The normalized spacial score (nSPS) is 18.4. The number of carbonyl (C=O) groups is 2. The molecule has 0 saturated heterocycles. The first-order valence-corrected chi connectivity index (χ1v) is 23.7. The molecule has 0 spiro atoms. The van der Waals surface area contributed by atoms with Gasteiger partial charge >= 0.3 is 331 Å². The minimum absolute atomic E-state index is 0.0383. The number of nitrogens with zero attached hydrogens (tertiary/aromatic N) is 2. The monoisotopic (exact) mass is 794 g/mol. The van der Waals surface area contributed by atoms with E-state index in [0.29, 0.717) is 46.3 Å². The molecule has 2 aromatic rings. The van der Waals surface area contributed by atoms with Gasteiger partial charge in [0.05, 0.1) is 0 Å². The number of anilines is 2. The van der Waals surface area contributed by atoms with Gasteiger partial charge in [0, 0.05) is 0 Å². The molecule has 0 aliphatic heterocycles. The van der Waals surface area contributed by atoms with Gasteiger partial charge in [-0.2, -0.15) is 0 Å². The van der Waals surface area contributed by atoms with Crippen LogP contribution in [0.1, 0.15) is 131 Å². The van der Waals surface area contributed by atoms with Crippen LogP contribution in [-0.4, -0.2) is 23.9 Å². The van der Waals surface area contributed by atoms with Gasteiger partial charge in [-0.15, -0.1) is 0 Å². The van der Waals surface area contributed by atoms with E-state index in [1.807, 2.05) is 53.7 Å². The Morgan fingerprint density at radius 1 is 0.618 bits per heavy atom. The third kappa shape index (κ3) is 7.52. The van der Waals surface area contributed by atoms with Crippen LogP contribution in [0.15, 0.2) is 68.5 Å². The Morgan fingerprint density at radius 2 is 0.982 bits per heavy atom. The van der Waals surface area contributed by atoms with Gasteiger partial charge in [0.15, 0.2) is 0 Å². The van der Waals surface area contributed by atoms with E-state index >= 15 is 17.6 Å². The van der Waals surface area contributed by atoms with Crippen molar-refractivity contribution in [3.05, 3.63) is 91.7 Å². The van der Waals surface area contributed by atoms with Crippen LogP contribution in [0.3, 0.4) is 0 Å². The predicted octanol–water partition coefficient (Wildman–Crippen LogP) is 11.2. The van der Waals surface area contributed by atoms with Gasteiger partial charge in [-0.25, -0.2) is 0 Å². The second-order valence-electron chi connectivity index (χ2n) is 17.3. The summed E-state index contributed by atoms with van der Waals surface area (Å²) in [6.07, 6.45) is 20.7. The van der Waals surface area contributed by atoms with E-state index in [-0.39, 0.29) is 55.9 Å². The molecular weight excluding hydrogens is 736 g/mol. The fraction of sp³-hybridized carbons (Fsp3) is 0.522. The second-order valence-corrected chi connectivity index (χ2v) is 23.2. The average Bonchev–Trinajstić information content (AvgIpc) is 3.93. The number of carbonyl (C=O) groups excluding carboxylic acids is 2. The summed E-state index contributed by atoms with van der Waals surface area (Å²) in [5.74, 6) is -4.13. The number of hydrogen-bond acceptors (Lipinski definition) is 2. The molecule has 55 heavy (non-hydrogen) atoms. The summed E-state index contributed by atoms with van der Waals surface area (Å²) in [5, 5.41) is 0. The second kappa shape index (κ2) is 16.7. The van der Waals surface area contributed by atoms with E-state index in [4.69, 9.17) is 0 Å². The van der Waals surface area contributed by atoms with Crippen LogP contribution >= 0.6 is 0 Å². The zero-order chi connectivity index (χ0) is 39.7. The first-order valence-electron chi connectivity index (χ1n) is 20.6. The average molecular weight is 795 g/mol. The maximum absolute atomic E-state index is 18.2. The van der Waals surface area contributed by atoms with Crippen molar-refractivity contribution in [1.29, 1.82) is 0 Å². The molecule has 296 valence electrons. The molecule has 0 heterocycles. The van der Waals surface area contributed by atoms with E-state index in [0.717, 1.165) is 38.5 Å². The molecule has 4 aliphatic carbocycles. The molecule has 2 aromatic carbocycles. The minimum atomic E-state index is -5.30. The molecule has 0 atom stereocenters. The van der Waals surface area contributed by atoms with Crippen LogP contribution in [0.25, 0.3) is 0 Å². The van der Waals surface area contributed by atoms with Crippen molar-refractivity contribution in [2.75, 3.05) is 9.80 Å². The van der Waals surface area contributed by atoms with Gasteiger partial charge in [0.2, 0.25) is 0 Å². The number of halogens is 4. The Balaban J connectivity index is 1.69. The zero-order valence-electron chi connectivity index (χ0n) is 33.6. The molecule has 4 aliphatic rings. The van der Waals surface area contributed by atoms with Crippen molar-refractivity contribution in [2.45, 2.75) is 144 Å². The van der Waals surface area contributed by atoms with Gasteiger partial charge in [-0.3, -0.25) is 0 Å². The van der Waals surface area contributed by atoms with Crippen molar-refractivity contribution in [1.82, 2.24) is 0 Å². The molecule has 0 aromatic heterocycles. The number of rotatable bonds is 12. The van der Waals surface area contributed by atoms with Gasteiger partial charge in [0.1, 0.15) is 0 Å². The van der Waals surface area contributed by atoms with Crippen LogP contribution < -0.4 is 17.5 Å². The molecule has 0 unspecified atom stereocenters. The van der Waals surface area contributed by atoms with Gasteiger partial charge < -0.3 is 0 Å². The summed E-state index contributed by atoms with van der Waals surface area (Å²) in [7, 11) is 0. The molecule has 2 fully saturated rings. The van der Waals surface area contributed by atoms with Gasteiger partial charge in [0.25, 0.3) is 0 Å². The first kappa shape index (κ1) is 41.4. The van der Waals surface area contributed by atoms with Crippen molar-refractivity contribution in [2.24, 2.45) is 10.8 Å². The summed E-state index contributed by atoms with van der Waals surface area (Å²) in [6.45, 7) is 11.2. The molecule has 2 amide bonds. The van der Waals surface area contributed by atoms with E-state index < -0.39 is 50.7 Å². The van der Waals surface area contributed by atoms with Crippen molar-refractivity contribution >= 4 is 30.9 Å². The molecule has 0 radical (unpaired) electrons. The van der Waals surface area contributed by atoms with E-state index in [2.05, 4.69) is 0 Å². The molecule has 2 saturated carbocycles. The standard InChI is InChI=1S/2C18H24F2NO.2C5H5.Ti/c2*1-4-18(2,3)17(22)21(14-8-6-5-7-9-14)16-11-10-13(19)12-15(16)20;2*1-2-4-5-3-1;/h2*10-11,14H,4-9H2,1-3H3;2*1-3H,4H2;. The van der Waals surface area contributed by atoms with Crippen LogP contribution in [-0.2, 0) is 26.2 Å². The molecule has 0 N–H and O–H groups in total. The third-order valence-corrected chi connectivity index (χ3v) is 21.1. The Kier molecular flexibility index (Phi) is 12.6. The van der Waals surface area contributed by atoms with Crippen LogP contribution in [0.2, 0.25) is 0 Å². The number of allylic oxidation sites excluding steroid dienone is 8. The summed E-state index contributed by atoms with van der Waals surface area (Å²) >= 11 is -5.30.